The number of rotatable bonds is 4. The van der Waals surface area contributed by atoms with E-state index >= 15 is 0 Å². The quantitative estimate of drug-likeness (QED) is 0.877. The van der Waals surface area contributed by atoms with Gasteiger partial charge >= 0.3 is 6.03 Å². The van der Waals surface area contributed by atoms with Crippen molar-refractivity contribution in [1.29, 1.82) is 0 Å². The van der Waals surface area contributed by atoms with Crippen LogP contribution in [0.15, 0.2) is 41.6 Å². The molecule has 2 heterocycles. The lowest BCUT2D eigenvalue weighted by molar-refractivity contribution is 0.0672. The molecule has 0 saturated heterocycles. The number of aryl methyl sites for hydroxylation is 2. The number of urea groups is 1. The van der Waals surface area contributed by atoms with E-state index in [1.807, 2.05) is 50.2 Å². The van der Waals surface area contributed by atoms with Gasteiger partial charge in [0.15, 0.2) is 17.6 Å². The number of fused-ring (bicyclic) bond motifs is 1. The average Bonchev–Trinajstić information content (AvgIpc) is 3.33. The maximum absolute atomic E-state index is 12.6. The summed E-state index contributed by atoms with van der Waals surface area (Å²) in [4.78, 5) is 19.7. The summed E-state index contributed by atoms with van der Waals surface area (Å²) < 4.78 is 10.8. The van der Waals surface area contributed by atoms with E-state index in [9.17, 15) is 4.79 Å². The van der Waals surface area contributed by atoms with Crippen molar-refractivity contribution in [2.45, 2.75) is 26.4 Å². The van der Waals surface area contributed by atoms with Crippen molar-refractivity contribution >= 4 is 17.4 Å². The molecule has 0 saturated carbocycles. The van der Waals surface area contributed by atoms with Gasteiger partial charge in [0.1, 0.15) is 0 Å². The minimum atomic E-state index is -0.186. The zero-order valence-electron chi connectivity index (χ0n) is 16.2. The van der Waals surface area contributed by atoms with Crippen LogP contribution in [0.25, 0.3) is 0 Å². The topological polar surface area (TPSA) is 72.4 Å². The minimum Gasteiger partial charge on any atom is -0.454 e. The summed E-state index contributed by atoms with van der Waals surface area (Å²) in [6, 6.07) is 11.5. The maximum Gasteiger partial charge on any atom is 0.321 e. The van der Waals surface area contributed by atoms with Crippen LogP contribution in [0.4, 0.5) is 10.5 Å². The zero-order valence-corrected chi connectivity index (χ0v) is 16.2. The Hall–Kier alpha value is -3.22. The number of para-hydroxylation sites is 1. The number of likely N-dealkylation sites (N-methyl/N-ethyl adjacent to an activating group) is 1. The van der Waals surface area contributed by atoms with Gasteiger partial charge in [0.25, 0.3) is 0 Å². The summed E-state index contributed by atoms with van der Waals surface area (Å²) in [5.74, 6) is 1.46. The van der Waals surface area contributed by atoms with E-state index in [-0.39, 0.29) is 18.9 Å². The van der Waals surface area contributed by atoms with Gasteiger partial charge in [-0.15, -0.1) is 0 Å². The Balaban J connectivity index is 1.35. The molecule has 2 aliphatic heterocycles. The number of benzene rings is 2. The van der Waals surface area contributed by atoms with Gasteiger partial charge in [-0.2, -0.15) is 0 Å². The molecule has 0 radical (unpaired) electrons. The first kappa shape index (κ1) is 18.2. The highest BCUT2D eigenvalue weighted by atomic mass is 16.7. The molecule has 2 aliphatic rings. The van der Waals surface area contributed by atoms with Crippen molar-refractivity contribution < 1.29 is 19.1 Å². The molecule has 1 unspecified atom stereocenters. The number of oxime groups is 1. The van der Waals surface area contributed by atoms with Gasteiger partial charge in [-0.1, -0.05) is 23.4 Å². The molecule has 0 bridgehead atoms. The molecule has 2 amide bonds. The van der Waals surface area contributed by atoms with Gasteiger partial charge in [0, 0.05) is 24.7 Å². The smallest absolute Gasteiger partial charge is 0.321 e. The number of hydrogen-bond acceptors (Lipinski definition) is 5. The Morgan fingerprint density at radius 1 is 1.18 bits per heavy atom. The number of nitrogens with zero attached hydrogens (tertiary/aromatic N) is 2. The van der Waals surface area contributed by atoms with Crippen molar-refractivity contribution in [3.63, 3.8) is 0 Å². The second kappa shape index (κ2) is 7.42. The SMILES string of the molecule is Cc1cccc(C)c1NC(=O)N(C)CC1CC(c2ccc3c(c2)OCO3)=NO1. The largest absolute Gasteiger partial charge is 0.454 e. The van der Waals surface area contributed by atoms with Crippen LogP contribution in [0.3, 0.4) is 0 Å². The summed E-state index contributed by atoms with van der Waals surface area (Å²) in [7, 11) is 1.75. The summed E-state index contributed by atoms with van der Waals surface area (Å²) in [6.07, 6.45) is 0.440. The Bertz CT molecular complexity index is 921. The van der Waals surface area contributed by atoms with Crippen LogP contribution in [0.1, 0.15) is 23.1 Å². The third-order valence-electron chi connectivity index (χ3n) is 4.98. The third-order valence-corrected chi connectivity index (χ3v) is 4.98. The number of anilines is 1. The molecular weight excluding hydrogens is 358 g/mol. The molecule has 2 aromatic carbocycles. The molecule has 4 rings (SSSR count). The fraction of sp³-hybridized carbons (Fsp3) is 0.333. The van der Waals surface area contributed by atoms with Gasteiger partial charge in [0.2, 0.25) is 6.79 Å². The van der Waals surface area contributed by atoms with Crippen molar-refractivity contribution in [3.05, 3.63) is 53.1 Å². The van der Waals surface area contributed by atoms with Gasteiger partial charge in [-0.3, -0.25) is 0 Å². The standard InChI is InChI=1S/C21H23N3O4/c1-13-5-4-6-14(2)20(13)22-21(25)24(3)11-16-10-17(23-28-16)15-7-8-18-19(9-15)27-12-26-18/h4-9,16H,10-12H2,1-3H3,(H,22,25). The summed E-state index contributed by atoms with van der Waals surface area (Å²) in [5, 5.41) is 7.19. The minimum absolute atomic E-state index is 0.169. The second-order valence-electron chi connectivity index (χ2n) is 7.12. The first-order chi connectivity index (χ1) is 13.5. The molecule has 2 aromatic rings. The van der Waals surface area contributed by atoms with Crippen molar-refractivity contribution in [2.75, 3.05) is 25.7 Å². The van der Waals surface area contributed by atoms with Gasteiger partial charge < -0.3 is 24.5 Å². The lowest BCUT2D eigenvalue weighted by Crippen LogP contribution is -2.37. The maximum atomic E-state index is 12.6. The van der Waals surface area contributed by atoms with E-state index in [4.69, 9.17) is 14.3 Å². The lowest BCUT2D eigenvalue weighted by Gasteiger charge is -2.21. The van der Waals surface area contributed by atoms with E-state index in [2.05, 4.69) is 10.5 Å². The highest BCUT2D eigenvalue weighted by Gasteiger charge is 2.26. The summed E-state index contributed by atoms with van der Waals surface area (Å²) >= 11 is 0. The number of nitrogens with one attached hydrogen (secondary N) is 1. The predicted molar refractivity (Wildman–Crippen MR) is 106 cm³/mol. The van der Waals surface area contributed by atoms with E-state index in [0.717, 1.165) is 33.8 Å². The van der Waals surface area contributed by atoms with Gasteiger partial charge in [-0.25, -0.2) is 4.79 Å². The van der Waals surface area contributed by atoms with Crippen LogP contribution in [0.5, 0.6) is 11.5 Å². The fourth-order valence-electron chi connectivity index (χ4n) is 3.38. The normalized spacial score (nSPS) is 17.1. The van der Waals surface area contributed by atoms with Crippen molar-refractivity contribution in [1.82, 2.24) is 4.90 Å². The molecule has 28 heavy (non-hydrogen) atoms. The molecule has 0 aliphatic carbocycles. The van der Waals surface area contributed by atoms with Crippen molar-refractivity contribution in [2.24, 2.45) is 5.16 Å². The van der Waals surface area contributed by atoms with E-state index < -0.39 is 0 Å². The van der Waals surface area contributed by atoms with E-state index in [1.165, 1.54) is 0 Å². The number of hydrogen-bond donors (Lipinski definition) is 1. The Labute approximate surface area is 163 Å². The molecule has 7 nitrogen and oxygen atoms in total. The second-order valence-corrected chi connectivity index (χ2v) is 7.12. The highest BCUT2D eigenvalue weighted by molar-refractivity contribution is 6.01. The average molecular weight is 381 g/mol. The molecule has 1 N–H and O–H groups in total. The van der Waals surface area contributed by atoms with Crippen LogP contribution in [0, 0.1) is 13.8 Å². The zero-order chi connectivity index (χ0) is 19.7. The molecule has 0 fully saturated rings. The van der Waals surface area contributed by atoms with E-state index in [0.29, 0.717) is 18.7 Å². The molecule has 0 aromatic heterocycles. The predicted octanol–water partition coefficient (Wildman–Crippen LogP) is 3.69. The number of carbonyl (C=O) groups is 1. The van der Waals surface area contributed by atoms with E-state index in [1.54, 1.807) is 11.9 Å². The monoisotopic (exact) mass is 381 g/mol. The Morgan fingerprint density at radius 3 is 2.71 bits per heavy atom. The highest BCUT2D eigenvalue weighted by Crippen LogP contribution is 2.33. The van der Waals surface area contributed by atoms with Gasteiger partial charge in [0.05, 0.1) is 12.3 Å². The molecule has 7 heteroatoms. The Kier molecular flexibility index (Phi) is 4.81. The first-order valence-corrected chi connectivity index (χ1v) is 9.22. The molecule has 1 atom stereocenters. The fourth-order valence-corrected chi connectivity index (χ4v) is 3.38. The number of carbonyl (C=O) groups excluding carboxylic acids is 1. The van der Waals surface area contributed by atoms with Crippen LogP contribution in [-0.4, -0.2) is 43.1 Å². The molecule has 146 valence electrons. The van der Waals surface area contributed by atoms with Crippen molar-refractivity contribution in [3.8, 4) is 11.5 Å². The summed E-state index contributed by atoms with van der Waals surface area (Å²) in [5.41, 5.74) is 4.70. The molecule has 0 spiro atoms. The molecular formula is C21H23N3O4. The Morgan fingerprint density at radius 2 is 1.93 bits per heavy atom. The lowest BCUT2D eigenvalue weighted by atomic mass is 10.0. The van der Waals surface area contributed by atoms with Crippen LogP contribution >= 0.6 is 0 Å². The first-order valence-electron chi connectivity index (χ1n) is 9.22. The summed E-state index contributed by atoms with van der Waals surface area (Å²) in [6.45, 7) is 4.64. The van der Waals surface area contributed by atoms with Crippen LogP contribution in [-0.2, 0) is 4.84 Å². The number of amides is 2. The van der Waals surface area contributed by atoms with Gasteiger partial charge in [-0.05, 0) is 43.2 Å². The van der Waals surface area contributed by atoms with Crippen LogP contribution in [0.2, 0.25) is 0 Å². The third kappa shape index (κ3) is 3.60. The number of ether oxygens (including phenoxy) is 2. The van der Waals surface area contributed by atoms with Crippen LogP contribution < -0.4 is 14.8 Å².